The number of nitrogens with zero attached hydrogens (tertiary/aromatic N) is 2. The van der Waals surface area contributed by atoms with Crippen molar-refractivity contribution in [3.63, 3.8) is 0 Å². The minimum atomic E-state index is -1.01. The van der Waals surface area contributed by atoms with Gasteiger partial charge in [-0.3, -0.25) is 14.4 Å². The molecule has 0 N–H and O–H groups in total. The first-order chi connectivity index (χ1) is 10.8. The summed E-state index contributed by atoms with van der Waals surface area (Å²) >= 11 is 2.82. The highest BCUT2D eigenvalue weighted by Crippen LogP contribution is 2.56. The molecule has 120 valence electrons. The van der Waals surface area contributed by atoms with E-state index in [0.29, 0.717) is 5.75 Å². The molecule has 23 heavy (non-hydrogen) atoms. The van der Waals surface area contributed by atoms with Crippen LogP contribution in [0.2, 0.25) is 0 Å². The third kappa shape index (κ3) is 2.47. The summed E-state index contributed by atoms with van der Waals surface area (Å²) in [5.74, 6) is 0.387. The molecule has 3 rings (SSSR count). The van der Waals surface area contributed by atoms with Gasteiger partial charge in [0.05, 0.1) is 0 Å². The minimum Gasteiger partial charge on any atom is -0.303 e. The van der Waals surface area contributed by atoms with Crippen LogP contribution in [0.15, 0.2) is 30.3 Å². The van der Waals surface area contributed by atoms with Gasteiger partial charge >= 0.3 is 11.4 Å². The predicted octanol–water partition coefficient (Wildman–Crippen LogP) is 3.19. The highest BCUT2D eigenvalue weighted by atomic mass is 32.2. The summed E-state index contributed by atoms with van der Waals surface area (Å²) in [6.07, 6.45) is 0. The lowest BCUT2D eigenvalue weighted by molar-refractivity contribution is -0.154. The Morgan fingerprint density at radius 1 is 1.35 bits per heavy atom. The molecular formula is C17H18N2O2S2. The van der Waals surface area contributed by atoms with Crippen LogP contribution in [0.1, 0.15) is 26.3 Å². The SMILES string of the molecule is [C-]#[N+][C@]1(C)C(=O)N2[C@@H](C(=O)SCc3ccccc3)C(C)(C)S[C@@H]21. The van der Waals surface area contributed by atoms with E-state index in [1.807, 2.05) is 44.2 Å². The van der Waals surface area contributed by atoms with Gasteiger partial charge in [0.2, 0.25) is 5.12 Å². The topological polar surface area (TPSA) is 41.7 Å². The standard InChI is InChI=1S/C17H18N2O2S2/c1-16(2)12(13(20)22-10-11-8-6-5-7-9-11)19-14(21)17(3,18-4)15(19)23-16/h5-9,12,15H,10H2,1-3H3/t12-,15+,17+/m0/s1. The molecule has 3 atom stereocenters. The van der Waals surface area contributed by atoms with E-state index < -0.39 is 11.6 Å². The van der Waals surface area contributed by atoms with E-state index in [2.05, 4.69) is 4.85 Å². The molecule has 2 fully saturated rings. The molecule has 2 aliphatic rings. The number of rotatable bonds is 3. The fourth-order valence-electron chi connectivity index (χ4n) is 3.10. The Labute approximate surface area is 144 Å². The molecule has 0 bridgehead atoms. The first-order valence-electron chi connectivity index (χ1n) is 7.41. The summed E-state index contributed by atoms with van der Waals surface area (Å²) in [6.45, 7) is 13.0. The molecule has 4 nitrogen and oxygen atoms in total. The predicted molar refractivity (Wildman–Crippen MR) is 93.8 cm³/mol. The van der Waals surface area contributed by atoms with E-state index >= 15 is 0 Å². The number of fused-ring (bicyclic) bond motifs is 1. The van der Waals surface area contributed by atoms with Crippen molar-refractivity contribution in [3.8, 4) is 0 Å². The van der Waals surface area contributed by atoms with Crippen LogP contribution < -0.4 is 0 Å². The monoisotopic (exact) mass is 346 g/mol. The molecule has 0 radical (unpaired) electrons. The highest BCUT2D eigenvalue weighted by Gasteiger charge is 2.74. The molecule has 0 aromatic heterocycles. The molecule has 2 aliphatic heterocycles. The fraction of sp³-hybridized carbons (Fsp3) is 0.471. The summed E-state index contributed by atoms with van der Waals surface area (Å²) in [5, 5.41) is -0.206. The maximum Gasteiger partial charge on any atom is 0.335 e. The molecule has 0 unspecified atom stereocenters. The molecule has 2 heterocycles. The number of amides is 1. The largest absolute Gasteiger partial charge is 0.335 e. The molecule has 0 spiro atoms. The zero-order chi connectivity index (χ0) is 16.8. The number of thioether (sulfide) groups is 2. The van der Waals surface area contributed by atoms with Gasteiger partial charge in [0.25, 0.3) is 0 Å². The van der Waals surface area contributed by atoms with Gasteiger partial charge in [-0.15, -0.1) is 11.8 Å². The van der Waals surface area contributed by atoms with Gasteiger partial charge in [-0.2, -0.15) is 0 Å². The quantitative estimate of drug-likeness (QED) is 0.623. The van der Waals surface area contributed by atoms with Crippen molar-refractivity contribution >= 4 is 34.5 Å². The molecule has 6 heteroatoms. The number of carbonyl (C=O) groups excluding carboxylic acids is 2. The van der Waals surface area contributed by atoms with Crippen LogP contribution in [-0.2, 0) is 15.3 Å². The number of hydrogen-bond donors (Lipinski definition) is 0. The van der Waals surface area contributed by atoms with Crippen LogP contribution in [0.3, 0.4) is 0 Å². The van der Waals surface area contributed by atoms with Crippen molar-refractivity contribution in [2.24, 2.45) is 0 Å². The molecule has 2 saturated heterocycles. The average molecular weight is 346 g/mol. The Balaban J connectivity index is 1.75. The van der Waals surface area contributed by atoms with Gasteiger partial charge in [-0.05, 0) is 19.4 Å². The summed E-state index contributed by atoms with van der Waals surface area (Å²) in [5.41, 5.74) is 0.0768. The van der Waals surface area contributed by atoms with Gasteiger partial charge in [-0.25, -0.2) is 6.57 Å². The van der Waals surface area contributed by atoms with Crippen LogP contribution in [0.5, 0.6) is 0 Å². The Hall–Kier alpha value is -1.45. The van der Waals surface area contributed by atoms with E-state index in [4.69, 9.17) is 6.57 Å². The van der Waals surface area contributed by atoms with Gasteiger partial charge in [0.1, 0.15) is 6.04 Å². The summed E-state index contributed by atoms with van der Waals surface area (Å²) in [7, 11) is 0. The van der Waals surface area contributed by atoms with Gasteiger partial charge < -0.3 is 4.90 Å². The first kappa shape index (κ1) is 16.4. The molecular weight excluding hydrogens is 328 g/mol. The van der Waals surface area contributed by atoms with Crippen molar-refractivity contribution in [2.45, 2.75) is 48.2 Å². The molecule has 0 aliphatic carbocycles. The second kappa shape index (κ2) is 5.57. The van der Waals surface area contributed by atoms with E-state index in [-0.39, 0.29) is 21.1 Å². The number of β-lactam (4-membered cyclic amide) rings is 1. The average Bonchev–Trinajstić information content (AvgIpc) is 2.82. The van der Waals surface area contributed by atoms with Gasteiger partial charge in [0, 0.05) is 17.4 Å². The second-order valence-corrected chi connectivity index (χ2v) is 9.26. The van der Waals surface area contributed by atoms with E-state index in [0.717, 1.165) is 5.56 Å². The van der Waals surface area contributed by atoms with E-state index in [1.165, 1.54) is 11.8 Å². The third-order valence-electron chi connectivity index (χ3n) is 4.43. The van der Waals surface area contributed by atoms with Crippen molar-refractivity contribution in [2.75, 3.05) is 0 Å². The van der Waals surface area contributed by atoms with Crippen molar-refractivity contribution in [1.82, 2.24) is 4.90 Å². The molecule has 1 aromatic carbocycles. The fourth-order valence-corrected chi connectivity index (χ4v) is 5.88. The minimum absolute atomic E-state index is 0.00855. The Kier molecular flexibility index (Phi) is 3.97. The van der Waals surface area contributed by atoms with Crippen molar-refractivity contribution in [3.05, 3.63) is 47.3 Å². The maximum atomic E-state index is 12.7. The van der Waals surface area contributed by atoms with E-state index in [1.54, 1.807) is 23.6 Å². The lowest BCUT2D eigenvalue weighted by atomic mass is 9.87. The van der Waals surface area contributed by atoms with Gasteiger partial charge in [-0.1, -0.05) is 42.1 Å². The smallest absolute Gasteiger partial charge is 0.303 e. The Morgan fingerprint density at radius 2 is 2.00 bits per heavy atom. The molecule has 0 saturated carbocycles. The van der Waals surface area contributed by atoms with Crippen LogP contribution in [0.25, 0.3) is 4.85 Å². The van der Waals surface area contributed by atoms with Crippen LogP contribution in [0.4, 0.5) is 0 Å². The zero-order valence-electron chi connectivity index (χ0n) is 13.3. The lowest BCUT2D eigenvalue weighted by Crippen LogP contribution is -2.70. The number of carbonyl (C=O) groups is 2. The van der Waals surface area contributed by atoms with E-state index in [9.17, 15) is 9.59 Å². The van der Waals surface area contributed by atoms with Crippen LogP contribution in [-0.4, -0.2) is 37.6 Å². The highest BCUT2D eigenvalue weighted by molar-refractivity contribution is 8.13. The Bertz CT molecular complexity index is 698. The number of benzene rings is 1. The second-order valence-electron chi connectivity index (χ2n) is 6.54. The summed E-state index contributed by atoms with van der Waals surface area (Å²) in [4.78, 5) is 30.3. The maximum absolute atomic E-state index is 12.7. The van der Waals surface area contributed by atoms with Crippen molar-refractivity contribution < 1.29 is 9.59 Å². The summed E-state index contributed by atoms with van der Waals surface area (Å²) in [6, 6.07) is 9.36. The third-order valence-corrected chi connectivity index (χ3v) is 7.16. The van der Waals surface area contributed by atoms with Crippen molar-refractivity contribution in [1.29, 1.82) is 0 Å². The first-order valence-corrected chi connectivity index (χ1v) is 9.27. The molecule has 1 amide bonds. The summed E-state index contributed by atoms with van der Waals surface area (Å²) < 4.78 is -0.371. The number of hydrogen-bond acceptors (Lipinski definition) is 4. The zero-order valence-corrected chi connectivity index (χ0v) is 14.9. The van der Waals surface area contributed by atoms with Gasteiger partial charge in [0.15, 0.2) is 5.37 Å². The van der Waals surface area contributed by atoms with Crippen LogP contribution >= 0.6 is 23.5 Å². The lowest BCUT2D eigenvalue weighted by Gasteiger charge is -2.43. The normalized spacial score (nSPS) is 31.2. The van der Waals surface area contributed by atoms with Crippen LogP contribution in [0, 0.1) is 6.57 Å². The molecule has 1 aromatic rings. The Morgan fingerprint density at radius 3 is 2.61 bits per heavy atom.